The molecule has 79 heavy (non-hydrogen) atoms. The molecule has 0 unspecified atom stereocenters. The quantitative estimate of drug-likeness (QED) is 0.0956. The van der Waals surface area contributed by atoms with Crippen LogP contribution in [0.2, 0.25) is 0 Å². The number of carbonyl (C=O) groups is 1. The van der Waals surface area contributed by atoms with Gasteiger partial charge in [0.2, 0.25) is 15.9 Å². The SMILES string of the molecule is N#Cc1ccc(-c2ccc3c(c2)N(Cc2ccc(S(N)(=O)=O)cc2)C(=O)C3(Cc2cn(C(c3ccccc3)(c3ccccc3)c3ccccc3)cn2)Cc2cn(C(c3ccccc3)(c3ccccc3)c3ccccc3)cn2)cc1. The van der Waals surface area contributed by atoms with Crippen molar-refractivity contribution in [3.05, 3.63) is 335 Å². The summed E-state index contributed by atoms with van der Waals surface area (Å²) in [6.45, 7) is 0.121. The fourth-order valence-electron chi connectivity index (χ4n) is 12.0. The fourth-order valence-corrected chi connectivity index (χ4v) is 12.5. The van der Waals surface area contributed by atoms with Gasteiger partial charge in [0.25, 0.3) is 0 Å². The van der Waals surface area contributed by atoms with Crippen molar-refractivity contribution in [3.8, 4) is 17.2 Å². The van der Waals surface area contributed by atoms with E-state index in [9.17, 15) is 13.7 Å². The molecule has 0 fully saturated rings. The Morgan fingerprint density at radius 3 is 1.24 bits per heavy atom. The maximum Gasteiger partial charge on any atom is 0.238 e. The molecule has 0 bridgehead atoms. The molecule has 1 amide bonds. The maximum atomic E-state index is 16.5. The number of hydrogen-bond acceptors (Lipinski definition) is 6. The summed E-state index contributed by atoms with van der Waals surface area (Å²) in [6.07, 6.45) is 8.32. The minimum atomic E-state index is -3.98. The molecule has 3 heterocycles. The summed E-state index contributed by atoms with van der Waals surface area (Å²) in [6, 6.07) is 84.7. The molecule has 1 aliphatic rings. The van der Waals surface area contributed by atoms with Gasteiger partial charge >= 0.3 is 0 Å². The van der Waals surface area contributed by atoms with E-state index < -0.39 is 26.5 Å². The molecule has 11 heteroatoms. The number of nitrogens with zero attached hydrogens (tertiary/aromatic N) is 6. The molecule has 12 rings (SSSR count). The largest absolute Gasteiger partial charge is 0.319 e. The Morgan fingerprint density at radius 2 is 0.873 bits per heavy atom. The van der Waals surface area contributed by atoms with Crippen LogP contribution in [0, 0.1) is 11.3 Å². The average molecular weight is 1050 g/mol. The second-order valence-corrected chi connectivity index (χ2v) is 21.7. The Hall–Kier alpha value is -9.73. The van der Waals surface area contributed by atoms with E-state index in [1.807, 2.05) is 78.2 Å². The number of nitriles is 1. The topological polar surface area (TPSA) is 140 Å². The van der Waals surface area contributed by atoms with Crippen LogP contribution in [0.3, 0.4) is 0 Å². The first-order valence-corrected chi connectivity index (χ1v) is 27.6. The number of anilines is 1. The highest BCUT2D eigenvalue weighted by molar-refractivity contribution is 7.89. The van der Waals surface area contributed by atoms with Crippen molar-refractivity contribution in [3.63, 3.8) is 0 Å². The number of carbonyl (C=O) groups excluding carboxylic acids is 1. The number of nitrogens with two attached hydrogens (primary N) is 1. The molecular formula is C68H53N7O3S. The van der Waals surface area contributed by atoms with E-state index in [-0.39, 0.29) is 30.2 Å². The molecule has 9 aromatic carbocycles. The van der Waals surface area contributed by atoms with Gasteiger partial charge in [-0.05, 0) is 86.0 Å². The van der Waals surface area contributed by atoms with Crippen molar-refractivity contribution in [2.45, 2.75) is 40.8 Å². The van der Waals surface area contributed by atoms with E-state index in [0.717, 1.165) is 50.1 Å². The molecule has 2 N–H and O–H groups in total. The Bertz CT molecular complexity index is 3730. The summed E-state index contributed by atoms with van der Waals surface area (Å²) in [5.41, 5.74) is 9.03. The number of amides is 1. The first-order chi connectivity index (χ1) is 38.6. The van der Waals surface area contributed by atoms with E-state index in [4.69, 9.17) is 15.1 Å². The maximum absolute atomic E-state index is 16.5. The molecule has 0 saturated heterocycles. The lowest BCUT2D eigenvalue weighted by molar-refractivity contribution is -0.123. The van der Waals surface area contributed by atoms with Gasteiger partial charge in [0, 0.05) is 30.9 Å². The zero-order chi connectivity index (χ0) is 54.0. The minimum Gasteiger partial charge on any atom is -0.319 e. The molecule has 0 saturated carbocycles. The molecule has 0 aliphatic carbocycles. The zero-order valence-electron chi connectivity index (χ0n) is 43.0. The lowest BCUT2D eigenvalue weighted by atomic mass is 9.73. The summed E-state index contributed by atoms with van der Waals surface area (Å²) >= 11 is 0. The molecular weight excluding hydrogens is 995 g/mol. The standard InChI is InChI=1S/C68H53N7O3S/c69-44-50-31-35-52(36-32-50)53-37-40-63-64(41-53)75(45-51-33-38-62(39-34-51)79(70,77)78)65(76)66(63,42-60-46-73(48-71-60)67(54-19-7-1-8-20-54,55-21-9-2-10-22-55)56-23-11-3-12-24-56)43-61-47-74(49-72-61)68(57-25-13-4-14-26-57,58-27-15-5-16-28-58)59-29-17-6-18-30-59/h1-41,46-49H,42-43,45H2,(H2,70,77,78). The van der Waals surface area contributed by atoms with Crippen LogP contribution in [0.15, 0.2) is 279 Å². The van der Waals surface area contributed by atoms with Crippen LogP contribution in [0.4, 0.5) is 5.69 Å². The summed E-state index contributed by atoms with van der Waals surface area (Å²) in [4.78, 5) is 28.8. The highest BCUT2D eigenvalue weighted by atomic mass is 32.2. The third kappa shape index (κ3) is 8.93. The number of aromatic nitrogens is 4. The molecule has 384 valence electrons. The lowest BCUT2D eigenvalue weighted by Crippen LogP contribution is -2.43. The van der Waals surface area contributed by atoms with Crippen molar-refractivity contribution in [1.82, 2.24) is 19.1 Å². The molecule has 1 aliphatic heterocycles. The monoisotopic (exact) mass is 1050 g/mol. The first-order valence-electron chi connectivity index (χ1n) is 26.1. The van der Waals surface area contributed by atoms with Crippen molar-refractivity contribution >= 4 is 21.6 Å². The first kappa shape index (κ1) is 50.1. The van der Waals surface area contributed by atoms with Crippen LogP contribution in [-0.2, 0) is 50.7 Å². The Balaban J connectivity index is 1.07. The minimum absolute atomic E-state index is 0.0248. The third-order valence-corrected chi connectivity index (χ3v) is 16.5. The Labute approximate surface area is 460 Å². The normalized spacial score (nSPS) is 13.2. The summed E-state index contributed by atoms with van der Waals surface area (Å²) in [7, 11) is -3.98. The van der Waals surface area contributed by atoms with Gasteiger partial charge in [-0.25, -0.2) is 23.5 Å². The number of primary sulfonamides is 1. The molecule has 0 atom stereocenters. The van der Waals surface area contributed by atoms with Crippen molar-refractivity contribution in [2.24, 2.45) is 5.14 Å². The molecule has 11 aromatic rings. The van der Waals surface area contributed by atoms with E-state index in [1.165, 1.54) is 12.1 Å². The fraction of sp³-hybridized carbons (Fsp3) is 0.0882. The van der Waals surface area contributed by atoms with Gasteiger partial charge in [-0.2, -0.15) is 5.26 Å². The van der Waals surface area contributed by atoms with Gasteiger partial charge in [-0.1, -0.05) is 218 Å². The second-order valence-electron chi connectivity index (χ2n) is 20.1. The van der Waals surface area contributed by atoms with Crippen LogP contribution in [0.5, 0.6) is 0 Å². The van der Waals surface area contributed by atoms with Gasteiger partial charge in [0.1, 0.15) is 11.1 Å². The molecule has 0 spiro atoms. The van der Waals surface area contributed by atoms with E-state index >= 15 is 4.79 Å². The lowest BCUT2D eigenvalue weighted by Gasteiger charge is -2.37. The van der Waals surface area contributed by atoms with Crippen LogP contribution in [0.1, 0.15) is 61.5 Å². The van der Waals surface area contributed by atoms with Gasteiger partial charge < -0.3 is 14.0 Å². The van der Waals surface area contributed by atoms with Crippen molar-refractivity contribution in [1.29, 1.82) is 5.26 Å². The molecule has 0 radical (unpaired) electrons. The van der Waals surface area contributed by atoms with E-state index in [0.29, 0.717) is 28.2 Å². The van der Waals surface area contributed by atoms with Crippen LogP contribution >= 0.6 is 0 Å². The number of imidazole rings is 2. The second kappa shape index (κ2) is 20.7. The smallest absolute Gasteiger partial charge is 0.238 e. The van der Waals surface area contributed by atoms with Gasteiger partial charge in [-0.15, -0.1) is 0 Å². The van der Waals surface area contributed by atoms with Gasteiger partial charge in [0.15, 0.2) is 0 Å². The van der Waals surface area contributed by atoms with Gasteiger partial charge in [0.05, 0.1) is 52.5 Å². The summed E-state index contributed by atoms with van der Waals surface area (Å²) < 4.78 is 29.2. The predicted octanol–water partition coefficient (Wildman–Crippen LogP) is 12.2. The number of benzene rings is 9. The zero-order valence-corrected chi connectivity index (χ0v) is 43.8. The van der Waals surface area contributed by atoms with Crippen molar-refractivity contribution < 1.29 is 13.2 Å². The van der Waals surface area contributed by atoms with E-state index in [1.54, 1.807) is 24.3 Å². The third-order valence-electron chi connectivity index (χ3n) is 15.6. The summed E-state index contributed by atoms with van der Waals surface area (Å²) in [5, 5.41) is 15.2. The Kier molecular flexibility index (Phi) is 13.1. The van der Waals surface area contributed by atoms with Gasteiger partial charge in [-0.3, -0.25) is 4.79 Å². The number of rotatable bonds is 16. The van der Waals surface area contributed by atoms with Crippen LogP contribution < -0.4 is 10.0 Å². The van der Waals surface area contributed by atoms with E-state index in [2.05, 4.69) is 179 Å². The molecule has 2 aromatic heterocycles. The number of hydrogen-bond donors (Lipinski definition) is 1. The van der Waals surface area contributed by atoms with Crippen molar-refractivity contribution in [2.75, 3.05) is 4.90 Å². The molecule has 10 nitrogen and oxygen atoms in total. The predicted molar refractivity (Wildman–Crippen MR) is 308 cm³/mol. The number of sulfonamides is 1. The number of fused-ring (bicyclic) bond motifs is 1. The van der Waals surface area contributed by atoms with Crippen LogP contribution in [-0.4, -0.2) is 33.4 Å². The Morgan fingerprint density at radius 1 is 0.494 bits per heavy atom. The van der Waals surface area contributed by atoms with Crippen LogP contribution in [0.25, 0.3) is 11.1 Å². The average Bonchev–Trinajstić information content (AvgIpc) is 4.46. The summed E-state index contributed by atoms with van der Waals surface area (Å²) in [5.74, 6) is -0.167. The highest BCUT2D eigenvalue weighted by Crippen LogP contribution is 2.50. The highest BCUT2D eigenvalue weighted by Gasteiger charge is 2.52.